The molecule has 21 heavy (non-hydrogen) atoms. The summed E-state index contributed by atoms with van der Waals surface area (Å²) in [6.45, 7) is 6.18. The Bertz CT molecular complexity index is 435. The van der Waals surface area contributed by atoms with Gasteiger partial charge in [0.15, 0.2) is 0 Å². The van der Waals surface area contributed by atoms with E-state index in [0.717, 1.165) is 19.5 Å². The molecule has 1 fully saturated rings. The highest BCUT2D eigenvalue weighted by Gasteiger charge is 2.40. The maximum atomic E-state index is 10.6. The molecule has 0 aromatic heterocycles. The molecule has 2 N–H and O–H groups in total. The summed E-state index contributed by atoms with van der Waals surface area (Å²) in [6.07, 6.45) is 4.41. The Kier molecular flexibility index (Phi) is 6.22. The largest absolute Gasteiger partial charge is 0.395 e. The van der Waals surface area contributed by atoms with Crippen molar-refractivity contribution in [2.45, 2.75) is 57.6 Å². The van der Waals surface area contributed by atoms with E-state index < -0.39 is 6.10 Å². The molecule has 0 aliphatic carbocycles. The fraction of sp³-hybridized carbons (Fsp3) is 0.667. The van der Waals surface area contributed by atoms with E-state index in [9.17, 15) is 10.2 Å². The van der Waals surface area contributed by atoms with Crippen LogP contribution < -0.4 is 0 Å². The molecule has 2 rings (SSSR count). The smallest absolute Gasteiger partial charge is 0.0798 e. The van der Waals surface area contributed by atoms with Crippen LogP contribution in [0.3, 0.4) is 0 Å². The zero-order chi connectivity index (χ0) is 15.2. The van der Waals surface area contributed by atoms with Gasteiger partial charge < -0.3 is 10.2 Å². The molecule has 1 aromatic rings. The monoisotopic (exact) mass is 291 g/mol. The van der Waals surface area contributed by atoms with Crippen molar-refractivity contribution in [3.05, 3.63) is 35.4 Å². The van der Waals surface area contributed by atoms with Crippen molar-refractivity contribution in [3.8, 4) is 0 Å². The van der Waals surface area contributed by atoms with Gasteiger partial charge in [-0.3, -0.25) is 4.90 Å². The van der Waals surface area contributed by atoms with E-state index in [0.29, 0.717) is 0 Å². The first-order chi connectivity index (χ1) is 10.2. The second kappa shape index (κ2) is 7.92. The van der Waals surface area contributed by atoms with Crippen molar-refractivity contribution in [1.29, 1.82) is 0 Å². The molecule has 0 bridgehead atoms. The molecule has 1 aliphatic heterocycles. The Morgan fingerprint density at radius 3 is 2.62 bits per heavy atom. The predicted octanol–water partition coefficient (Wildman–Crippen LogP) is 2.70. The van der Waals surface area contributed by atoms with Crippen LogP contribution in [0.15, 0.2) is 24.3 Å². The van der Waals surface area contributed by atoms with E-state index in [1.165, 1.54) is 30.4 Å². The second-order valence-electron chi connectivity index (χ2n) is 6.26. The zero-order valence-corrected chi connectivity index (χ0v) is 13.3. The summed E-state index contributed by atoms with van der Waals surface area (Å²) in [6, 6.07) is 8.16. The van der Waals surface area contributed by atoms with E-state index in [1.807, 2.05) is 12.1 Å². The van der Waals surface area contributed by atoms with Crippen molar-refractivity contribution >= 4 is 0 Å². The normalized spacial score (nSPS) is 26.4. The SMILES string of the molecule is CCCCCCN1C[C@H](c2ccccc2C)[C@@H](O)[C@H]1CO. The van der Waals surface area contributed by atoms with Crippen molar-refractivity contribution in [2.75, 3.05) is 19.7 Å². The quantitative estimate of drug-likeness (QED) is 0.759. The van der Waals surface area contributed by atoms with Gasteiger partial charge in [-0.05, 0) is 31.0 Å². The number of hydrogen-bond acceptors (Lipinski definition) is 3. The average molecular weight is 291 g/mol. The highest BCUT2D eigenvalue weighted by Crippen LogP contribution is 2.33. The second-order valence-corrected chi connectivity index (χ2v) is 6.26. The third kappa shape index (κ3) is 3.85. The maximum Gasteiger partial charge on any atom is 0.0798 e. The first-order valence-corrected chi connectivity index (χ1v) is 8.27. The molecular formula is C18H29NO2. The van der Waals surface area contributed by atoms with E-state index in [-0.39, 0.29) is 18.6 Å². The number of benzene rings is 1. The Morgan fingerprint density at radius 2 is 1.95 bits per heavy atom. The van der Waals surface area contributed by atoms with Gasteiger partial charge in [-0.1, -0.05) is 50.5 Å². The fourth-order valence-electron chi connectivity index (χ4n) is 3.49. The minimum Gasteiger partial charge on any atom is -0.395 e. The fourth-order valence-corrected chi connectivity index (χ4v) is 3.49. The van der Waals surface area contributed by atoms with E-state index >= 15 is 0 Å². The lowest BCUT2D eigenvalue weighted by Gasteiger charge is -2.24. The van der Waals surface area contributed by atoms with E-state index in [1.54, 1.807) is 0 Å². The lowest BCUT2D eigenvalue weighted by molar-refractivity contribution is 0.0662. The van der Waals surface area contributed by atoms with Crippen LogP contribution in [0.2, 0.25) is 0 Å². The summed E-state index contributed by atoms with van der Waals surface area (Å²) in [5, 5.41) is 20.2. The molecule has 3 atom stereocenters. The Balaban J connectivity index is 2.03. The van der Waals surface area contributed by atoms with Gasteiger partial charge in [-0.15, -0.1) is 0 Å². The van der Waals surface area contributed by atoms with Gasteiger partial charge in [-0.2, -0.15) is 0 Å². The minimum absolute atomic E-state index is 0.0390. The number of nitrogens with zero attached hydrogens (tertiary/aromatic N) is 1. The van der Waals surface area contributed by atoms with Crippen molar-refractivity contribution < 1.29 is 10.2 Å². The van der Waals surface area contributed by atoms with Crippen molar-refractivity contribution in [3.63, 3.8) is 0 Å². The summed E-state index contributed by atoms with van der Waals surface area (Å²) in [4.78, 5) is 2.28. The summed E-state index contributed by atoms with van der Waals surface area (Å²) in [5.41, 5.74) is 2.45. The molecule has 1 aliphatic rings. The van der Waals surface area contributed by atoms with Crippen molar-refractivity contribution in [2.24, 2.45) is 0 Å². The van der Waals surface area contributed by atoms with E-state index in [4.69, 9.17) is 0 Å². The van der Waals surface area contributed by atoms with Crippen LogP contribution >= 0.6 is 0 Å². The maximum absolute atomic E-state index is 10.6. The van der Waals surface area contributed by atoms with Crippen LogP contribution in [-0.2, 0) is 0 Å². The number of hydrogen-bond donors (Lipinski definition) is 2. The number of aliphatic hydroxyl groups is 2. The molecule has 118 valence electrons. The standard InChI is InChI=1S/C18H29NO2/c1-3-4-5-8-11-19-12-16(18(21)17(19)13-20)15-10-7-6-9-14(15)2/h6-7,9-10,16-18,20-21H,3-5,8,11-13H2,1-2H3/t16-,17-,18-/m1/s1. The third-order valence-electron chi connectivity index (χ3n) is 4.78. The van der Waals surface area contributed by atoms with Crippen molar-refractivity contribution in [1.82, 2.24) is 4.90 Å². The molecule has 3 heteroatoms. The number of aliphatic hydroxyl groups excluding tert-OH is 2. The van der Waals surface area contributed by atoms with Crippen LogP contribution in [0.1, 0.15) is 49.7 Å². The average Bonchev–Trinajstić information content (AvgIpc) is 2.80. The molecule has 1 heterocycles. The molecule has 0 spiro atoms. The molecule has 0 unspecified atom stereocenters. The Morgan fingerprint density at radius 1 is 1.19 bits per heavy atom. The summed E-state index contributed by atoms with van der Waals surface area (Å²) in [7, 11) is 0. The van der Waals surface area contributed by atoms with Crippen LogP contribution in [0, 0.1) is 6.92 Å². The third-order valence-corrected chi connectivity index (χ3v) is 4.78. The van der Waals surface area contributed by atoms with Crippen LogP contribution in [0.4, 0.5) is 0 Å². The predicted molar refractivity (Wildman–Crippen MR) is 86.5 cm³/mol. The Hall–Kier alpha value is -0.900. The number of rotatable bonds is 7. The number of unbranched alkanes of at least 4 members (excludes halogenated alkanes) is 3. The van der Waals surface area contributed by atoms with Crippen LogP contribution in [-0.4, -0.2) is 47.0 Å². The molecule has 1 saturated heterocycles. The summed E-state index contributed by atoms with van der Waals surface area (Å²) in [5.74, 6) is 0.120. The van der Waals surface area contributed by atoms with Gasteiger partial charge in [0.05, 0.1) is 18.8 Å². The molecular weight excluding hydrogens is 262 g/mol. The summed E-state index contributed by atoms with van der Waals surface area (Å²) >= 11 is 0. The highest BCUT2D eigenvalue weighted by atomic mass is 16.3. The first kappa shape index (κ1) is 16.5. The van der Waals surface area contributed by atoms with Gasteiger partial charge in [0.25, 0.3) is 0 Å². The molecule has 0 amide bonds. The first-order valence-electron chi connectivity index (χ1n) is 8.27. The van der Waals surface area contributed by atoms with Gasteiger partial charge in [-0.25, -0.2) is 0 Å². The topological polar surface area (TPSA) is 43.7 Å². The van der Waals surface area contributed by atoms with Gasteiger partial charge >= 0.3 is 0 Å². The number of likely N-dealkylation sites (tertiary alicyclic amines) is 1. The lowest BCUT2D eigenvalue weighted by Crippen LogP contribution is -2.39. The van der Waals surface area contributed by atoms with E-state index in [2.05, 4.69) is 30.9 Å². The number of aryl methyl sites for hydroxylation is 1. The molecule has 0 radical (unpaired) electrons. The molecule has 0 saturated carbocycles. The highest BCUT2D eigenvalue weighted by molar-refractivity contribution is 5.32. The Labute approximate surface area is 128 Å². The minimum atomic E-state index is -0.470. The van der Waals surface area contributed by atoms with Gasteiger partial charge in [0.1, 0.15) is 0 Å². The zero-order valence-electron chi connectivity index (χ0n) is 13.3. The lowest BCUT2D eigenvalue weighted by atomic mass is 9.90. The van der Waals surface area contributed by atoms with Crippen LogP contribution in [0.5, 0.6) is 0 Å². The molecule has 3 nitrogen and oxygen atoms in total. The van der Waals surface area contributed by atoms with Gasteiger partial charge in [0, 0.05) is 12.5 Å². The molecule has 1 aromatic carbocycles. The van der Waals surface area contributed by atoms with Gasteiger partial charge in [0.2, 0.25) is 0 Å². The summed E-state index contributed by atoms with van der Waals surface area (Å²) < 4.78 is 0. The van der Waals surface area contributed by atoms with Crippen LogP contribution in [0.25, 0.3) is 0 Å².